The number of esters is 1. The maximum atomic E-state index is 12.2. The van der Waals surface area contributed by atoms with Gasteiger partial charge in [0.15, 0.2) is 0 Å². The molecular weight excluding hydrogens is 616 g/mol. The third-order valence-electron chi connectivity index (χ3n) is 9.42. The summed E-state index contributed by atoms with van der Waals surface area (Å²) in [4.78, 5) is 30.1. The maximum Gasteiger partial charge on any atom is 0.305 e. The lowest BCUT2D eigenvalue weighted by Gasteiger charge is -2.16. The Morgan fingerprint density at radius 1 is 0.977 bits per heavy atom. The number of hydrogen-bond donors (Lipinski definition) is 2. The Balaban J connectivity index is 1.84. The summed E-state index contributed by atoms with van der Waals surface area (Å²) in [5.74, 6) is 0.0225. The van der Waals surface area contributed by atoms with Crippen LogP contribution < -0.4 is 0 Å². The van der Waals surface area contributed by atoms with Crippen molar-refractivity contribution in [3.63, 3.8) is 0 Å². The highest BCUT2D eigenvalue weighted by Crippen LogP contribution is 2.42. The zero-order valence-corrected chi connectivity index (χ0v) is 28.9. The molecule has 2 aliphatic heterocycles. The van der Waals surface area contributed by atoms with Gasteiger partial charge in [0.2, 0.25) is 0 Å². The number of H-pyrrole nitrogens is 2. The molecular formula is C36H45BrN4O3. The lowest BCUT2D eigenvalue weighted by Crippen LogP contribution is -2.08. The van der Waals surface area contributed by atoms with Gasteiger partial charge in [0.05, 0.1) is 24.6 Å². The molecule has 0 aromatic carbocycles. The van der Waals surface area contributed by atoms with Crippen molar-refractivity contribution >= 4 is 55.1 Å². The number of nitrogens with zero attached hydrogens (tertiary/aromatic N) is 2. The molecule has 2 N–H and O–H groups in total. The number of methoxy groups -OCH3 is 1. The molecule has 44 heavy (non-hydrogen) atoms. The van der Waals surface area contributed by atoms with Gasteiger partial charge in [-0.3, -0.25) is 9.78 Å². The normalized spacial score (nSPS) is 17.3. The number of allylic oxidation sites excluding steroid dienone is 2. The number of halogens is 1. The first-order valence-corrected chi connectivity index (χ1v) is 16.9. The van der Waals surface area contributed by atoms with Crippen LogP contribution in [0.5, 0.6) is 0 Å². The van der Waals surface area contributed by atoms with Gasteiger partial charge >= 0.3 is 5.97 Å². The minimum Gasteiger partial charge on any atom is -0.469 e. The van der Waals surface area contributed by atoms with Crippen LogP contribution in [0.25, 0.3) is 33.2 Å². The number of rotatable bonds is 9. The van der Waals surface area contributed by atoms with Crippen LogP contribution in [0.1, 0.15) is 116 Å². The molecule has 0 saturated heterocycles. The Morgan fingerprint density at radius 3 is 2.39 bits per heavy atom. The van der Waals surface area contributed by atoms with E-state index in [4.69, 9.17) is 19.4 Å². The monoisotopic (exact) mass is 660 g/mol. The molecule has 5 heterocycles. The predicted octanol–water partition coefficient (Wildman–Crippen LogP) is 9.28. The van der Waals surface area contributed by atoms with E-state index >= 15 is 0 Å². The van der Waals surface area contributed by atoms with E-state index in [0.29, 0.717) is 19.4 Å². The lowest BCUT2D eigenvalue weighted by atomic mass is 9.86. The lowest BCUT2D eigenvalue weighted by molar-refractivity contribution is -0.140. The molecule has 3 aromatic rings. The molecule has 0 radical (unpaired) electrons. The number of nitrogens with one attached hydrogen (secondary N) is 2. The molecule has 3 atom stereocenters. The minimum atomic E-state index is -0.194. The molecule has 0 amide bonds. The fourth-order valence-corrected chi connectivity index (χ4v) is 6.94. The Bertz CT molecular complexity index is 1770. The molecule has 2 aliphatic rings. The van der Waals surface area contributed by atoms with Crippen molar-refractivity contribution in [3.05, 3.63) is 69.3 Å². The van der Waals surface area contributed by atoms with Crippen molar-refractivity contribution in [3.8, 4) is 0 Å². The summed E-state index contributed by atoms with van der Waals surface area (Å²) >= 11 is 3.52. The molecule has 0 spiro atoms. The number of hydrogen-bond acceptors (Lipinski definition) is 5. The molecule has 8 heteroatoms. The quantitative estimate of drug-likeness (QED) is 0.136. The van der Waals surface area contributed by atoms with Crippen molar-refractivity contribution in [2.24, 2.45) is 0 Å². The average molecular weight is 662 g/mol. The van der Waals surface area contributed by atoms with Gasteiger partial charge in [0.25, 0.3) is 0 Å². The van der Waals surface area contributed by atoms with Crippen molar-refractivity contribution < 1.29 is 14.3 Å². The van der Waals surface area contributed by atoms with E-state index in [1.54, 1.807) is 0 Å². The molecule has 2 unspecified atom stereocenters. The fourth-order valence-electron chi connectivity index (χ4n) is 6.71. The average Bonchev–Trinajstić information content (AvgIpc) is 3.70. The number of aromatic amines is 2. The van der Waals surface area contributed by atoms with Gasteiger partial charge in [0.1, 0.15) is 0 Å². The van der Waals surface area contributed by atoms with Gasteiger partial charge in [-0.25, -0.2) is 4.98 Å². The number of ether oxygens (including phenoxy) is 2. The molecule has 0 aliphatic carbocycles. The van der Waals surface area contributed by atoms with Crippen LogP contribution in [0.3, 0.4) is 0 Å². The Kier molecular flexibility index (Phi) is 9.80. The first-order chi connectivity index (χ1) is 21.1. The molecule has 8 bridgehead atoms. The van der Waals surface area contributed by atoms with Crippen LogP contribution in [0, 0.1) is 20.8 Å². The number of aromatic nitrogens is 4. The van der Waals surface area contributed by atoms with Gasteiger partial charge in [-0.05, 0) is 106 Å². The summed E-state index contributed by atoms with van der Waals surface area (Å²) in [6, 6.07) is 8.75. The summed E-state index contributed by atoms with van der Waals surface area (Å²) in [5, 5.41) is 0.908. The summed E-state index contributed by atoms with van der Waals surface area (Å²) in [5.41, 5.74) is 15.1. The molecule has 234 valence electrons. The topological polar surface area (TPSA) is 92.9 Å². The van der Waals surface area contributed by atoms with Gasteiger partial charge < -0.3 is 19.4 Å². The van der Waals surface area contributed by atoms with Crippen LogP contribution in [0.15, 0.2) is 24.3 Å². The first kappa shape index (κ1) is 32.2. The predicted molar refractivity (Wildman–Crippen MR) is 183 cm³/mol. The van der Waals surface area contributed by atoms with Crippen LogP contribution in [-0.4, -0.2) is 45.0 Å². The SMILES string of the molecule is CCC1=C(C)c2cc3[nH]c(cc4nc(c(C)c5cc(C)c(cc1n2)[nH]5)[C@@H](CCC(=O)OC)C4C)c(C)c3C(C)OCCCBr. The third kappa shape index (κ3) is 6.16. The fraction of sp³-hybridized carbons (Fsp3) is 0.472. The highest BCUT2D eigenvalue weighted by atomic mass is 79.9. The zero-order chi connectivity index (χ0) is 31.7. The summed E-state index contributed by atoms with van der Waals surface area (Å²) in [7, 11) is 1.45. The van der Waals surface area contributed by atoms with E-state index in [2.05, 4.69) is 98.6 Å². The number of fused-ring (bicyclic) bond motifs is 8. The highest BCUT2D eigenvalue weighted by molar-refractivity contribution is 9.09. The van der Waals surface area contributed by atoms with Crippen LogP contribution in [0.2, 0.25) is 0 Å². The molecule has 5 rings (SSSR count). The van der Waals surface area contributed by atoms with Crippen LogP contribution in [0.4, 0.5) is 0 Å². The van der Waals surface area contributed by atoms with Gasteiger partial charge in [-0.1, -0.05) is 29.8 Å². The van der Waals surface area contributed by atoms with Gasteiger partial charge in [-0.2, -0.15) is 0 Å². The summed E-state index contributed by atoms with van der Waals surface area (Å²) in [6.07, 6.45) is 2.77. The van der Waals surface area contributed by atoms with E-state index in [1.165, 1.54) is 18.3 Å². The van der Waals surface area contributed by atoms with Gasteiger partial charge in [-0.15, -0.1) is 0 Å². The molecule has 0 fully saturated rings. The second-order valence-electron chi connectivity index (χ2n) is 12.2. The Hall–Kier alpha value is -3.23. The summed E-state index contributed by atoms with van der Waals surface area (Å²) < 4.78 is 11.3. The Morgan fingerprint density at radius 2 is 1.68 bits per heavy atom. The van der Waals surface area contributed by atoms with Crippen LogP contribution in [-0.2, 0) is 14.3 Å². The largest absolute Gasteiger partial charge is 0.469 e. The van der Waals surface area contributed by atoms with E-state index in [0.717, 1.165) is 85.3 Å². The molecule has 0 saturated carbocycles. The van der Waals surface area contributed by atoms with E-state index in [1.807, 2.05) is 0 Å². The highest BCUT2D eigenvalue weighted by Gasteiger charge is 2.31. The van der Waals surface area contributed by atoms with E-state index in [-0.39, 0.29) is 23.9 Å². The standard InChI is InChI=1S/C36H45BrN4O3/c1-9-25-20(3)29-18-33-35(24(7)44-14-10-13-37)22(5)31(40-33)17-30-21(4)26(11-12-34(42)43-8)36(41-30)23(6)28-15-19(2)27(38-28)16-32(25)39-29/h15-18,21,24,26,38,40H,9-14H2,1-8H3/t21?,24?,26-/m0/s1. The minimum absolute atomic E-state index is 0.0903. The number of alkyl halides is 1. The molecule has 7 nitrogen and oxygen atoms in total. The first-order valence-electron chi connectivity index (χ1n) is 15.7. The van der Waals surface area contributed by atoms with Crippen molar-refractivity contribution in [1.82, 2.24) is 19.9 Å². The maximum absolute atomic E-state index is 12.2. The Labute approximate surface area is 269 Å². The van der Waals surface area contributed by atoms with E-state index < -0.39 is 0 Å². The summed E-state index contributed by atoms with van der Waals surface area (Å²) in [6.45, 7) is 15.8. The van der Waals surface area contributed by atoms with Crippen LogP contribution >= 0.6 is 15.9 Å². The van der Waals surface area contributed by atoms with E-state index in [9.17, 15) is 4.79 Å². The second-order valence-corrected chi connectivity index (χ2v) is 12.9. The van der Waals surface area contributed by atoms with Crippen molar-refractivity contribution in [2.45, 2.75) is 92.1 Å². The third-order valence-corrected chi connectivity index (χ3v) is 9.98. The zero-order valence-electron chi connectivity index (χ0n) is 27.3. The smallest absolute Gasteiger partial charge is 0.305 e. The van der Waals surface area contributed by atoms with Crippen molar-refractivity contribution in [1.29, 1.82) is 0 Å². The molecule has 3 aromatic heterocycles. The number of aryl methyl sites for hydroxylation is 3. The second kappa shape index (κ2) is 13.4. The number of carbonyl (C=O) groups excluding carboxylic acids is 1. The van der Waals surface area contributed by atoms with Crippen molar-refractivity contribution in [2.75, 3.05) is 19.0 Å². The van der Waals surface area contributed by atoms with Gasteiger partial charge in [0, 0.05) is 69.2 Å². The number of carbonyl (C=O) groups is 1.